The van der Waals surface area contributed by atoms with Crippen molar-refractivity contribution in [1.29, 1.82) is 0 Å². The Bertz CT molecular complexity index is 818. The van der Waals surface area contributed by atoms with Gasteiger partial charge in [-0.25, -0.2) is 13.2 Å². The summed E-state index contributed by atoms with van der Waals surface area (Å²) in [4.78, 5) is 24.7. The van der Waals surface area contributed by atoms with Crippen LogP contribution < -0.4 is 10.6 Å². The molecule has 0 fully saturated rings. The first-order valence-corrected chi connectivity index (χ1v) is 8.96. The molecule has 1 unspecified atom stereocenters. The molecule has 1 atom stereocenters. The highest BCUT2D eigenvalue weighted by Crippen LogP contribution is 2.16. The number of hydrogen-bond donors (Lipinski definition) is 2. The molecule has 144 valence electrons. The molecule has 2 aromatic carbocycles. The van der Waals surface area contributed by atoms with Crippen molar-refractivity contribution in [2.24, 2.45) is 5.92 Å². The number of hydrogen-bond acceptors (Lipinski definition) is 2. The zero-order valence-electron chi connectivity index (χ0n) is 14.7. The number of nitrogens with one attached hydrogen (secondary N) is 2. The van der Waals surface area contributed by atoms with Crippen molar-refractivity contribution >= 4 is 27.7 Å². The van der Waals surface area contributed by atoms with Gasteiger partial charge in [0, 0.05) is 11.0 Å². The molecule has 2 amide bonds. The maximum atomic E-state index is 13.8. The highest BCUT2D eigenvalue weighted by molar-refractivity contribution is 9.10. The standard InChI is InChI=1S/C19H18BrF3N2O2/c1-10(2)17(25-18(26)16-14(22)4-3-5-15(16)23)19(27)24-9-11-6-12(20)8-13(21)7-11/h3-8,10,17H,9H2,1-2H3,(H,24,27)(H,25,26). The Kier molecular flexibility index (Phi) is 7.01. The van der Waals surface area contributed by atoms with E-state index >= 15 is 0 Å². The molecule has 4 nitrogen and oxygen atoms in total. The van der Waals surface area contributed by atoms with Crippen LogP contribution in [0.3, 0.4) is 0 Å². The van der Waals surface area contributed by atoms with Gasteiger partial charge in [0.1, 0.15) is 29.1 Å². The third-order valence-electron chi connectivity index (χ3n) is 3.81. The van der Waals surface area contributed by atoms with Gasteiger partial charge in [-0.2, -0.15) is 0 Å². The molecule has 0 aliphatic rings. The van der Waals surface area contributed by atoms with E-state index in [0.29, 0.717) is 10.0 Å². The minimum absolute atomic E-state index is 0.0301. The summed E-state index contributed by atoms with van der Waals surface area (Å²) in [5, 5.41) is 4.95. The van der Waals surface area contributed by atoms with Crippen LogP contribution in [0.15, 0.2) is 40.9 Å². The second kappa shape index (κ2) is 9.03. The molecule has 8 heteroatoms. The van der Waals surface area contributed by atoms with Gasteiger partial charge in [-0.3, -0.25) is 9.59 Å². The summed E-state index contributed by atoms with van der Waals surface area (Å²) in [5.74, 6) is -4.40. The van der Waals surface area contributed by atoms with Gasteiger partial charge in [0.25, 0.3) is 5.91 Å². The second-order valence-electron chi connectivity index (χ2n) is 6.29. The Morgan fingerprint density at radius 2 is 1.70 bits per heavy atom. The van der Waals surface area contributed by atoms with Gasteiger partial charge in [-0.1, -0.05) is 35.8 Å². The topological polar surface area (TPSA) is 58.2 Å². The fourth-order valence-electron chi connectivity index (χ4n) is 2.48. The maximum Gasteiger partial charge on any atom is 0.257 e. The summed E-state index contributed by atoms with van der Waals surface area (Å²) in [5.41, 5.74) is -0.228. The van der Waals surface area contributed by atoms with Crippen molar-refractivity contribution < 1.29 is 22.8 Å². The molecule has 2 aromatic rings. The van der Waals surface area contributed by atoms with E-state index in [1.807, 2.05) is 0 Å². The predicted octanol–water partition coefficient (Wildman–Crippen LogP) is 3.94. The number of amides is 2. The van der Waals surface area contributed by atoms with Crippen molar-refractivity contribution in [3.05, 3.63) is 69.4 Å². The molecule has 2 N–H and O–H groups in total. The SMILES string of the molecule is CC(C)C(NC(=O)c1c(F)cccc1F)C(=O)NCc1cc(F)cc(Br)c1. The highest BCUT2D eigenvalue weighted by Gasteiger charge is 2.27. The largest absolute Gasteiger partial charge is 0.350 e. The van der Waals surface area contributed by atoms with Gasteiger partial charge in [-0.15, -0.1) is 0 Å². The molecule has 0 heterocycles. The van der Waals surface area contributed by atoms with Crippen molar-refractivity contribution in [3.8, 4) is 0 Å². The van der Waals surface area contributed by atoms with Crippen LogP contribution >= 0.6 is 15.9 Å². The fraction of sp³-hybridized carbons (Fsp3) is 0.263. The maximum absolute atomic E-state index is 13.8. The van der Waals surface area contributed by atoms with Crippen LogP contribution in [0.5, 0.6) is 0 Å². The molecule has 0 saturated heterocycles. The lowest BCUT2D eigenvalue weighted by atomic mass is 10.0. The number of carbonyl (C=O) groups is 2. The van der Waals surface area contributed by atoms with Crippen molar-refractivity contribution in [2.75, 3.05) is 0 Å². The Balaban J connectivity index is 2.10. The lowest BCUT2D eigenvalue weighted by molar-refractivity contribution is -0.124. The summed E-state index contributed by atoms with van der Waals surface area (Å²) in [6, 6.07) is 6.24. The summed E-state index contributed by atoms with van der Waals surface area (Å²) in [7, 11) is 0. The summed E-state index contributed by atoms with van der Waals surface area (Å²) < 4.78 is 41.4. The molecule has 0 bridgehead atoms. The summed E-state index contributed by atoms with van der Waals surface area (Å²) >= 11 is 3.16. The van der Waals surface area contributed by atoms with E-state index in [4.69, 9.17) is 0 Å². The Morgan fingerprint density at radius 3 is 2.26 bits per heavy atom. The van der Waals surface area contributed by atoms with E-state index in [9.17, 15) is 22.8 Å². The monoisotopic (exact) mass is 442 g/mol. The van der Waals surface area contributed by atoms with Gasteiger partial charge >= 0.3 is 0 Å². The van der Waals surface area contributed by atoms with Gasteiger partial charge < -0.3 is 10.6 Å². The van der Waals surface area contributed by atoms with E-state index in [0.717, 1.165) is 18.2 Å². The average molecular weight is 443 g/mol. The van der Waals surface area contributed by atoms with Crippen LogP contribution in [-0.2, 0) is 11.3 Å². The van der Waals surface area contributed by atoms with Crippen molar-refractivity contribution in [1.82, 2.24) is 10.6 Å². The lowest BCUT2D eigenvalue weighted by Gasteiger charge is -2.22. The molecule has 0 aliphatic carbocycles. The van der Waals surface area contributed by atoms with Crippen LogP contribution in [0.25, 0.3) is 0 Å². The smallest absolute Gasteiger partial charge is 0.257 e. The second-order valence-corrected chi connectivity index (χ2v) is 7.20. The fourth-order valence-corrected chi connectivity index (χ4v) is 2.99. The molecular weight excluding hydrogens is 425 g/mol. The molecular formula is C19H18BrF3N2O2. The third kappa shape index (κ3) is 5.56. The van der Waals surface area contributed by atoms with Crippen LogP contribution in [0.2, 0.25) is 0 Å². The quantitative estimate of drug-likeness (QED) is 0.711. The minimum atomic E-state index is -1.02. The molecule has 0 aromatic heterocycles. The van der Waals surface area contributed by atoms with E-state index in [-0.39, 0.29) is 12.5 Å². The van der Waals surface area contributed by atoms with Gasteiger partial charge in [0.2, 0.25) is 5.91 Å². The van der Waals surface area contributed by atoms with E-state index in [1.165, 1.54) is 12.1 Å². The summed E-state index contributed by atoms with van der Waals surface area (Å²) in [6.07, 6.45) is 0. The van der Waals surface area contributed by atoms with Gasteiger partial charge in [0.15, 0.2) is 0 Å². The molecule has 27 heavy (non-hydrogen) atoms. The zero-order valence-corrected chi connectivity index (χ0v) is 16.2. The van der Waals surface area contributed by atoms with E-state index in [1.54, 1.807) is 19.9 Å². The van der Waals surface area contributed by atoms with Gasteiger partial charge in [-0.05, 0) is 41.8 Å². The molecule has 0 radical (unpaired) electrons. The Hall–Kier alpha value is -2.35. The Labute approximate surface area is 163 Å². The van der Waals surface area contributed by atoms with Crippen LogP contribution in [-0.4, -0.2) is 17.9 Å². The van der Waals surface area contributed by atoms with Crippen molar-refractivity contribution in [3.63, 3.8) is 0 Å². The highest BCUT2D eigenvalue weighted by atomic mass is 79.9. The number of halogens is 4. The first kappa shape index (κ1) is 21.0. The lowest BCUT2D eigenvalue weighted by Crippen LogP contribution is -2.49. The van der Waals surface area contributed by atoms with Crippen molar-refractivity contribution in [2.45, 2.75) is 26.4 Å². The van der Waals surface area contributed by atoms with Crippen LogP contribution in [0.4, 0.5) is 13.2 Å². The van der Waals surface area contributed by atoms with Crippen LogP contribution in [0.1, 0.15) is 29.8 Å². The molecule has 0 spiro atoms. The summed E-state index contributed by atoms with van der Waals surface area (Å²) in [6.45, 7) is 3.39. The minimum Gasteiger partial charge on any atom is -0.350 e. The molecule has 0 saturated carbocycles. The number of carbonyl (C=O) groups excluding carboxylic acids is 2. The molecule has 0 aliphatic heterocycles. The zero-order chi connectivity index (χ0) is 20.1. The van der Waals surface area contributed by atoms with E-state index < -0.39 is 40.9 Å². The Morgan fingerprint density at radius 1 is 1.07 bits per heavy atom. The normalized spacial score (nSPS) is 12.0. The third-order valence-corrected chi connectivity index (χ3v) is 4.27. The first-order chi connectivity index (χ1) is 12.7. The molecule has 2 rings (SSSR count). The van der Waals surface area contributed by atoms with Gasteiger partial charge in [0.05, 0.1) is 0 Å². The average Bonchev–Trinajstić information content (AvgIpc) is 2.56. The number of benzene rings is 2. The first-order valence-electron chi connectivity index (χ1n) is 8.16. The number of rotatable bonds is 6. The van der Waals surface area contributed by atoms with Crippen LogP contribution in [0, 0.1) is 23.4 Å². The van der Waals surface area contributed by atoms with E-state index in [2.05, 4.69) is 26.6 Å². The predicted molar refractivity (Wildman–Crippen MR) is 98.4 cm³/mol.